The van der Waals surface area contributed by atoms with Crippen molar-refractivity contribution in [3.63, 3.8) is 0 Å². The highest BCUT2D eigenvalue weighted by molar-refractivity contribution is 6.28. The van der Waals surface area contributed by atoms with Crippen molar-refractivity contribution in [1.29, 1.82) is 0 Å². The van der Waals surface area contributed by atoms with Crippen LogP contribution in [0, 0.1) is 0 Å². The Labute approximate surface area is 126 Å². The SMILES string of the molecule is COc1ccccc1CNc1nc(Cl)nc2ncn(C)c12. The monoisotopic (exact) mass is 303 g/mol. The van der Waals surface area contributed by atoms with E-state index in [0.717, 1.165) is 16.8 Å². The van der Waals surface area contributed by atoms with Crippen LogP contribution in [0.3, 0.4) is 0 Å². The maximum atomic E-state index is 5.94. The molecule has 0 aliphatic rings. The summed E-state index contributed by atoms with van der Waals surface area (Å²) in [5.41, 5.74) is 2.42. The number of rotatable bonds is 4. The lowest BCUT2D eigenvalue weighted by Gasteiger charge is -2.11. The molecule has 0 bridgehead atoms. The number of nitrogens with one attached hydrogen (secondary N) is 1. The number of fused-ring (bicyclic) bond motifs is 1. The molecule has 3 rings (SSSR count). The summed E-state index contributed by atoms with van der Waals surface area (Å²) in [6.45, 7) is 0.567. The number of hydrogen-bond acceptors (Lipinski definition) is 5. The number of ether oxygens (including phenoxy) is 1. The minimum absolute atomic E-state index is 0.170. The summed E-state index contributed by atoms with van der Waals surface area (Å²) in [5.74, 6) is 1.47. The average molecular weight is 304 g/mol. The van der Waals surface area contributed by atoms with E-state index in [1.807, 2.05) is 35.9 Å². The molecule has 2 aromatic heterocycles. The van der Waals surface area contributed by atoms with E-state index < -0.39 is 0 Å². The summed E-state index contributed by atoms with van der Waals surface area (Å²) in [7, 11) is 3.54. The quantitative estimate of drug-likeness (QED) is 0.751. The minimum Gasteiger partial charge on any atom is -0.496 e. The van der Waals surface area contributed by atoms with Gasteiger partial charge in [0.1, 0.15) is 11.3 Å². The van der Waals surface area contributed by atoms with Crippen molar-refractivity contribution < 1.29 is 4.74 Å². The standard InChI is InChI=1S/C14H14ClN5O/c1-20-8-17-13-11(20)12(18-14(15)19-13)16-7-9-5-3-4-6-10(9)21-2/h3-6,8H,7H2,1-2H3,(H,16,18,19). The van der Waals surface area contributed by atoms with Gasteiger partial charge in [0.2, 0.25) is 5.28 Å². The molecule has 0 aliphatic heterocycles. The lowest BCUT2D eigenvalue weighted by molar-refractivity contribution is 0.410. The number of methoxy groups -OCH3 is 1. The van der Waals surface area contributed by atoms with Crippen LogP contribution < -0.4 is 10.1 Å². The van der Waals surface area contributed by atoms with Gasteiger partial charge in [-0.1, -0.05) is 18.2 Å². The van der Waals surface area contributed by atoms with Gasteiger partial charge in [-0.05, 0) is 17.7 Å². The highest BCUT2D eigenvalue weighted by Gasteiger charge is 2.11. The molecule has 0 saturated carbocycles. The van der Waals surface area contributed by atoms with Crippen LogP contribution in [0.1, 0.15) is 5.56 Å². The Hall–Kier alpha value is -2.34. The van der Waals surface area contributed by atoms with E-state index in [1.54, 1.807) is 13.4 Å². The minimum atomic E-state index is 0.170. The van der Waals surface area contributed by atoms with Crippen molar-refractivity contribution in [2.45, 2.75) is 6.54 Å². The maximum Gasteiger partial charge on any atom is 0.226 e. The maximum absolute atomic E-state index is 5.94. The normalized spacial score (nSPS) is 10.8. The fourth-order valence-electron chi connectivity index (χ4n) is 2.18. The second kappa shape index (κ2) is 5.57. The largest absolute Gasteiger partial charge is 0.496 e. The Morgan fingerprint density at radius 2 is 2.10 bits per heavy atom. The first-order valence-electron chi connectivity index (χ1n) is 6.39. The molecule has 21 heavy (non-hydrogen) atoms. The molecule has 2 heterocycles. The third-order valence-corrected chi connectivity index (χ3v) is 3.35. The van der Waals surface area contributed by atoms with E-state index >= 15 is 0 Å². The summed E-state index contributed by atoms with van der Waals surface area (Å²) in [4.78, 5) is 12.5. The molecule has 0 amide bonds. The van der Waals surface area contributed by atoms with Gasteiger partial charge in [0.15, 0.2) is 11.5 Å². The van der Waals surface area contributed by atoms with Crippen LogP contribution in [-0.2, 0) is 13.6 Å². The topological polar surface area (TPSA) is 64.9 Å². The van der Waals surface area contributed by atoms with E-state index in [1.165, 1.54) is 0 Å². The van der Waals surface area contributed by atoms with Crippen molar-refractivity contribution in [3.05, 3.63) is 41.4 Å². The highest BCUT2D eigenvalue weighted by atomic mass is 35.5. The molecule has 3 aromatic rings. The first-order valence-corrected chi connectivity index (χ1v) is 6.77. The fourth-order valence-corrected chi connectivity index (χ4v) is 2.35. The molecule has 0 unspecified atom stereocenters. The van der Waals surface area contributed by atoms with Gasteiger partial charge in [0.05, 0.1) is 13.4 Å². The first-order chi connectivity index (χ1) is 10.2. The zero-order chi connectivity index (χ0) is 14.8. The number of imidazole rings is 1. The molecule has 0 atom stereocenters. The summed E-state index contributed by atoms with van der Waals surface area (Å²) in [6, 6.07) is 7.81. The first kappa shape index (κ1) is 13.6. The molecular formula is C14H14ClN5O. The Kier molecular flexibility index (Phi) is 3.62. The molecule has 1 aromatic carbocycles. The second-order valence-electron chi connectivity index (χ2n) is 4.53. The fraction of sp³-hybridized carbons (Fsp3) is 0.214. The van der Waals surface area contributed by atoms with E-state index in [9.17, 15) is 0 Å². The van der Waals surface area contributed by atoms with E-state index in [0.29, 0.717) is 18.0 Å². The lowest BCUT2D eigenvalue weighted by atomic mass is 10.2. The van der Waals surface area contributed by atoms with Crippen LogP contribution in [0.2, 0.25) is 5.28 Å². The van der Waals surface area contributed by atoms with E-state index in [2.05, 4.69) is 20.3 Å². The molecule has 108 valence electrons. The van der Waals surface area contributed by atoms with Crippen LogP contribution in [0.5, 0.6) is 5.75 Å². The molecule has 0 spiro atoms. The van der Waals surface area contributed by atoms with Gasteiger partial charge < -0.3 is 14.6 Å². The lowest BCUT2D eigenvalue weighted by Crippen LogP contribution is -2.05. The van der Waals surface area contributed by atoms with E-state index in [4.69, 9.17) is 16.3 Å². The molecular weight excluding hydrogens is 290 g/mol. The molecule has 0 fully saturated rings. The summed E-state index contributed by atoms with van der Waals surface area (Å²) < 4.78 is 7.19. The molecule has 0 saturated heterocycles. The summed E-state index contributed by atoms with van der Waals surface area (Å²) in [5, 5.41) is 3.44. The second-order valence-corrected chi connectivity index (χ2v) is 4.87. The number of aromatic nitrogens is 4. The third kappa shape index (κ3) is 2.62. The molecule has 1 N–H and O–H groups in total. The van der Waals surface area contributed by atoms with Crippen LogP contribution in [0.4, 0.5) is 5.82 Å². The zero-order valence-corrected chi connectivity index (χ0v) is 12.4. The molecule has 7 heteroatoms. The molecule has 0 radical (unpaired) electrons. The van der Waals surface area contributed by atoms with Crippen LogP contribution in [-0.4, -0.2) is 26.6 Å². The van der Waals surface area contributed by atoms with Gasteiger partial charge in [-0.25, -0.2) is 4.98 Å². The number of anilines is 1. The Morgan fingerprint density at radius 3 is 2.90 bits per heavy atom. The predicted octanol–water partition coefficient (Wildman–Crippen LogP) is 2.64. The van der Waals surface area contributed by atoms with Crippen molar-refractivity contribution in [1.82, 2.24) is 19.5 Å². The van der Waals surface area contributed by atoms with Gasteiger partial charge in [0.25, 0.3) is 0 Å². The number of nitrogens with zero attached hydrogens (tertiary/aromatic N) is 4. The van der Waals surface area contributed by atoms with Gasteiger partial charge in [-0.2, -0.15) is 9.97 Å². The number of benzene rings is 1. The highest BCUT2D eigenvalue weighted by Crippen LogP contribution is 2.23. The van der Waals surface area contributed by atoms with E-state index in [-0.39, 0.29) is 5.28 Å². The molecule has 6 nitrogen and oxygen atoms in total. The number of para-hydroxylation sites is 1. The summed E-state index contributed by atoms with van der Waals surface area (Å²) >= 11 is 5.94. The van der Waals surface area contributed by atoms with Gasteiger partial charge in [-0.3, -0.25) is 0 Å². The Morgan fingerprint density at radius 1 is 1.29 bits per heavy atom. The van der Waals surface area contributed by atoms with Crippen LogP contribution in [0.25, 0.3) is 11.2 Å². The van der Waals surface area contributed by atoms with Crippen molar-refractivity contribution in [3.8, 4) is 5.75 Å². The third-order valence-electron chi connectivity index (χ3n) is 3.18. The van der Waals surface area contributed by atoms with Crippen LogP contribution in [0.15, 0.2) is 30.6 Å². The average Bonchev–Trinajstić information content (AvgIpc) is 2.86. The van der Waals surface area contributed by atoms with Crippen molar-refractivity contribution >= 4 is 28.6 Å². The zero-order valence-electron chi connectivity index (χ0n) is 11.7. The number of halogens is 1. The molecule has 0 aliphatic carbocycles. The smallest absolute Gasteiger partial charge is 0.226 e. The predicted molar refractivity (Wildman–Crippen MR) is 81.6 cm³/mol. The van der Waals surface area contributed by atoms with Crippen LogP contribution >= 0.6 is 11.6 Å². The number of aryl methyl sites for hydroxylation is 1. The Bertz CT molecular complexity index is 786. The summed E-state index contributed by atoms with van der Waals surface area (Å²) in [6.07, 6.45) is 1.68. The number of hydrogen-bond donors (Lipinski definition) is 1. The van der Waals surface area contributed by atoms with Gasteiger partial charge in [0, 0.05) is 19.2 Å². The van der Waals surface area contributed by atoms with Gasteiger partial charge in [-0.15, -0.1) is 0 Å². The Balaban J connectivity index is 1.93. The van der Waals surface area contributed by atoms with Gasteiger partial charge >= 0.3 is 0 Å². The van der Waals surface area contributed by atoms with Crippen molar-refractivity contribution in [2.75, 3.05) is 12.4 Å². The van der Waals surface area contributed by atoms with Crippen molar-refractivity contribution in [2.24, 2.45) is 7.05 Å².